The minimum absolute atomic E-state index is 0.255. The number of nitrogens with zero attached hydrogens (tertiary/aromatic N) is 2. The van der Waals surface area contributed by atoms with Crippen LogP contribution in [0.3, 0.4) is 0 Å². The predicted molar refractivity (Wildman–Crippen MR) is 80.3 cm³/mol. The summed E-state index contributed by atoms with van der Waals surface area (Å²) in [6.07, 6.45) is 4.39. The van der Waals surface area contributed by atoms with Crippen LogP contribution in [0.25, 0.3) is 11.4 Å². The molecule has 0 unspecified atom stereocenters. The zero-order valence-electron chi connectivity index (χ0n) is 11.1. The van der Waals surface area contributed by atoms with Crippen LogP contribution in [0.5, 0.6) is 5.75 Å². The molecule has 0 radical (unpaired) electrons. The molecule has 1 fully saturated rings. The van der Waals surface area contributed by atoms with E-state index in [9.17, 15) is 9.50 Å². The van der Waals surface area contributed by atoms with Gasteiger partial charge in [-0.05, 0) is 37.0 Å². The normalized spacial score (nSPS) is 15.6. The van der Waals surface area contributed by atoms with E-state index in [-0.39, 0.29) is 5.82 Å². The van der Waals surface area contributed by atoms with E-state index < -0.39 is 11.6 Å². The molecule has 3 rings (SSSR count). The Bertz CT molecular complexity index is 664. The van der Waals surface area contributed by atoms with Crippen molar-refractivity contribution in [2.75, 3.05) is 0 Å². The number of aromatic hydroxyl groups is 1. The van der Waals surface area contributed by atoms with Crippen LogP contribution in [0.4, 0.5) is 4.39 Å². The van der Waals surface area contributed by atoms with Gasteiger partial charge in [0.1, 0.15) is 10.3 Å². The molecule has 0 saturated heterocycles. The highest BCUT2D eigenvalue weighted by atomic mass is 35.5. The first-order chi connectivity index (χ1) is 10.1. The van der Waals surface area contributed by atoms with Gasteiger partial charge in [0, 0.05) is 11.1 Å². The quantitative estimate of drug-likeness (QED) is 0.794. The van der Waals surface area contributed by atoms with Crippen molar-refractivity contribution in [2.45, 2.75) is 31.6 Å². The fourth-order valence-corrected chi connectivity index (χ4v) is 3.44. The van der Waals surface area contributed by atoms with Crippen molar-refractivity contribution in [3.63, 3.8) is 0 Å². The first-order valence-corrected chi connectivity index (χ1v) is 7.53. The highest BCUT2D eigenvalue weighted by Crippen LogP contribution is 2.40. The van der Waals surface area contributed by atoms with E-state index in [0.717, 1.165) is 37.3 Å². The first-order valence-electron chi connectivity index (χ1n) is 6.78. The molecule has 0 spiro atoms. The summed E-state index contributed by atoms with van der Waals surface area (Å²) >= 11 is 12.5. The number of phenols is 1. The molecule has 1 aliphatic rings. The second kappa shape index (κ2) is 5.78. The Balaban J connectivity index is 2.03. The van der Waals surface area contributed by atoms with Crippen LogP contribution in [-0.2, 0) is 0 Å². The van der Waals surface area contributed by atoms with Crippen LogP contribution in [0, 0.1) is 5.82 Å². The lowest BCUT2D eigenvalue weighted by atomic mass is 10.0. The van der Waals surface area contributed by atoms with Crippen LogP contribution < -0.4 is 0 Å². The Morgan fingerprint density at radius 1 is 1.10 bits per heavy atom. The molecule has 110 valence electrons. The Morgan fingerprint density at radius 2 is 1.71 bits per heavy atom. The molecule has 1 N–H and O–H groups in total. The zero-order valence-corrected chi connectivity index (χ0v) is 12.6. The van der Waals surface area contributed by atoms with Crippen molar-refractivity contribution < 1.29 is 9.50 Å². The number of hydrogen-bond acceptors (Lipinski definition) is 3. The van der Waals surface area contributed by atoms with Gasteiger partial charge in [-0.25, -0.2) is 14.4 Å². The molecule has 1 saturated carbocycles. The van der Waals surface area contributed by atoms with E-state index >= 15 is 0 Å². The van der Waals surface area contributed by atoms with E-state index in [1.54, 1.807) is 0 Å². The monoisotopic (exact) mass is 326 g/mol. The molecule has 1 heterocycles. The molecule has 1 aliphatic carbocycles. The maximum atomic E-state index is 13.4. The van der Waals surface area contributed by atoms with Gasteiger partial charge in [0.15, 0.2) is 17.4 Å². The minimum atomic E-state index is -0.733. The average molecular weight is 327 g/mol. The Kier molecular flexibility index (Phi) is 4.00. The number of halogens is 3. The Labute approximate surface area is 131 Å². The molecule has 21 heavy (non-hydrogen) atoms. The van der Waals surface area contributed by atoms with Gasteiger partial charge < -0.3 is 5.11 Å². The molecular formula is C15H13Cl2FN2O. The van der Waals surface area contributed by atoms with Gasteiger partial charge in [0.2, 0.25) is 0 Å². The highest BCUT2D eigenvalue weighted by molar-refractivity contribution is 6.34. The molecule has 0 amide bonds. The van der Waals surface area contributed by atoms with E-state index in [1.807, 2.05) is 0 Å². The molecular weight excluding hydrogens is 314 g/mol. The molecule has 0 aliphatic heterocycles. The van der Waals surface area contributed by atoms with E-state index in [4.69, 9.17) is 23.2 Å². The van der Waals surface area contributed by atoms with Gasteiger partial charge >= 0.3 is 0 Å². The third-order valence-corrected chi connectivity index (χ3v) is 4.40. The summed E-state index contributed by atoms with van der Waals surface area (Å²) in [6.45, 7) is 0. The minimum Gasteiger partial charge on any atom is -0.505 e. The summed E-state index contributed by atoms with van der Waals surface area (Å²) in [5, 5.41) is 9.87. The highest BCUT2D eigenvalue weighted by Gasteiger charge is 2.24. The molecule has 1 aromatic carbocycles. The van der Waals surface area contributed by atoms with Gasteiger partial charge in [-0.2, -0.15) is 0 Å². The van der Waals surface area contributed by atoms with Crippen molar-refractivity contribution in [1.82, 2.24) is 9.97 Å². The summed E-state index contributed by atoms with van der Waals surface area (Å²) < 4.78 is 13.4. The third kappa shape index (κ3) is 2.83. The van der Waals surface area contributed by atoms with E-state index in [1.165, 1.54) is 12.1 Å². The smallest absolute Gasteiger partial charge is 0.165 e. The molecule has 6 heteroatoms. The van der Waals surface area contributed by atoms with Crippen molar-refractivity contribution in [3.8, 4) is 17.1 Å². The molecule has 0 atom stereocenters. The van der Waals surface area contributed by atoms with E-state index in [2.05, 4.69) is 9.97 Å². The van der Waals surface area contributed by atoms with Crippen LogP contribution >= 0.6 is 23.2 Å². The van der Waals surface area contributed by atoms with Gasteiger partial charge in [0.25, 0.3) is 0 Å². The predicted octanol–water partition coefficient (Wildman–Crippen LogP) is 4.95. The SMILES string of the molecule is Oc1ccc(-c2nc(Cl)c(C3CCCC3)c(Cl)n2)cc1F. The van der Waals surface area contributed by atoms with Crippen LogP contribution in [0.15, 0.2) is 18.2 Å². The Hall–Kier alpha value is -1.39. The topological polar surface area (TPSA) is 46.0 Å². The lowest BCUT2D eigenvalue weighted by Crippen LogP contribution is -2.01. The largest absolute Gasteiger partial charge is 0.505 e. The van der Waals surface area contributed by atoms with Gasteiger partial charge in [-0.1, -0.05) is 36.0 Å². The first kappa shape index (κ1) is 14.5. The third-order valence-electron chi connectivity index (χ3n) is 3.82. The fraction of sp³-hybridized carbons (Fsp3) is 0.333. The summed E-state index contributed by atoms with van der Waals surface area (Å²) in [5.41, 5.74) is 1.21. The summed E-state index contributed by atoms with van der Waals surface area (Å²) in [5.74, 6) is -0.594. The van der Waals surface area contributed by atoms with Crippen molar-refractivity contribution >= 4 is 23.2 Å². The second-order valence-corrected chi connectivity index (χ2v) is 5.91. The number of hydrogen-bond donors (Lipinski definition) is 1. The van der Waals surface area contributed by atoms with Crippen LogP contribution in [0.2, 0.25) is 10.3 Å². The van der Waals surface area contributed by atoms with Gasteiger partial charge in [0.05, 0.1) is 0 Å². The van der Waals surface area contributed by atoms with E-state index in [0.29, 0.717) is 21.8 Å². The molecule has 2 aromatic rings. The maximum Gasteiger partial charge on any atom is 0.165 e. The average Bonchev–Trinajstić information content (AvgIpc) is 2.95. The number of benzene rings is 1. The standard InChI is InChI=1S/C15H13Cl2FN2O/c16-13-12(8-3-1-2-4-8)14(17)20-15(19-13)9-5-6-11(21)10(18)7-9/h5-8,21H,1-4H2. The van der Waals surface area contributed by atoms with Gasteiger partial charge in [-0.15, -0.1) is 0 Å². The van der Waals surface area contributed by atoms with Crippen molar-refractivity contribution in [1.29, 1.82) is 0 Å². The number of phenolic OH excluding ortho intramolecular Hbond substituents is 1. The summed E-state index contributed by atoms with van der Waals surface area (Å²) in [4.78, 5) is 8.48. The zero-order chi connectivity index (χ0) is 15.0. The van der Waals surface area contributed by atoms with Gasteiger partial charge in [-0.3, -0.25) is 0 Å². The number of aromatic nitrogens is 2. The summed E-state index contributed by atoms with van der Waals surface area (Å²) in [7, 11) is 0. The van der Waals surface area contributed by atoms with Crippen molar-refractivity contribution in [3.05, 3.63) is 39.9 Å². The lowest BCUT2D eigenvalue weighted by Gasteiger charge is -2.13. The van der Waals surface area contributed by atoms with Crippen LogP contribution in [0.1, 0.15) is 37.2 Å². The lowest BCUT2D eigenvalue weighted by molar-refractivity contribution is 0.432. The molecule has 3 nitrogen and oxygen atoms in total. The number of rotatable bonds is 2. The van der Waals surface area contributed by atoms with Crippen LogP contribution in [-0.4, -0.2) is 15.1 Å². The molecule has 1 aromatic heterocycles. The summed E-state index contributed by atoms with van der Waals surface area (Å²) in [6, 6.07) is 3.93. The fourth-order valence-electron chi connectivity index (χ4n) is 2.74. The van der Waals surface area contributed by atoms with Crippen molar-refractivity contribution in [2.24, 2.45) is 0 Å². The Morgan fingerprint density at radius 3 is 2.29 bits per heavy atom. The molecule has 0 bridgehead atoms. The second-order valence-electron chi connectivity index (χ2n) is 5.19. The maximum absolute atomic E-state index is 13.4.